The van der Waals surface area contributed by atoms with E-state index in [2.05, 4.69) is 18.7 Å². The molecule has 1 amide bonds. The summed E-state index contributed by atoms with van der Waals surface area (Å²) in [6.07, 6.45) is 5.02. The van der Waals surface area contributed by atoms with E-state index in [0.717, 1.165) is 45.3 Å². The van der Waals surface area contributed by atoms with Crippen molar-refractivity contribution in [2.24, 2.45) is 0 Å². The van der Waals surface area contributed by atoms with Crippen molar-refractivity contribution in [2.75, 3.05) is 26.2 Å². The molecule has 5 nitrogen and oxygen atoms in total. The predicted molar refractivity (Wildman–Crippen MR) is 133 cm³/mol. The van der Waals surface area contributed by atoms with Crippen LogP contribution in [0.3, 0.4) is 0 Å². The van der Waals surface area contributed by atoms with Gasteiger partial charge in [-0.15, -0.1) is 0 Å². The van der Waals surface area contributed by atoms with Crippen molar-refractivity contribution in [2.45, 2.75) is 52.0 Å². The van der Waals surface area contributed by atoms with E-state index in [1.165, 1.54) is 47.4 Å². The molecule has 35 heavy (non-hydrogen) atoms. The van der Waals surface area contributed by atoms with Crippen LogP contribution in [0, 0.1) is 11.6 Å². The van der Waals surface area contributed by atoms with E-state index in [-0.39, 0.29) is 11.1 Å². The number of unbranched alkanes of at least 4 members (excludes halogenated alkanes) is 2. The molecule has 0 saturated carbocycles. The maximum atomic E-state index is 14.1. The lowest BCUT2D eigenvalue weighted by Crippen LogP contribution is -2.34. The number of hydrogen-bond donors (Lipinski definition) is 1. The van der Waals surface area contributed by atoms with Crippen LogP contribution in [-0.4, -0.2) is 52.8 Å². The number of rotatable bonds is 12. The summed E-state index contributed by atoms with van der Waals surface area (Å²) < 4.78 is 27.5. The van der Waals surface area contributed by atoms with Crippen molar-refractivity contribution in [1.29, 1.82) is 0 Å². The Morgan fingerprint density at radius 3 is 2.14 bits per heavy atom. The lowest BCUT2D eigenvalue weighted by atomic mass is 9.95. The van der Waals surface area contributed by atoms with E-state index in [1.54, 1.807) is 6.07 Å². The Bertz CT molecular complexity index is 1040. The molecule has 3 rings (SSSR count). The summed E-state index contributed by atoms with van der Waals surface area (Å²) in [4.78, 5) is 29.9. The first-order valence-electron chi connectivity index (χ1n) is 12.4. The van der Waals surface area contributed by atoms with Gasteiger partial charge >= 0.3 is 0 Å². The summed E-state index contributed by atoms with van der Waals surface area (Å²) in [5, 5.41) is 11.0. The molecule has 1 N–H and O–H groups in total. The highest BCUT2D eigenvalue weighted by Gasteiger charge is 2.45. The second-order valence-corrected chi connectivity index (χ2v) is 8.96. The second-order valence-electron chi connectivity index (χ2n) is 8.96. The topological polar surface area (TPSA) is 60.9 Å². The summed E-state index contributed by atoms with van der Waals surface area (Å²) >= 11 is 0. The van der Waals surface area contributed by atoms with Gasteiger partial charge in [0.2, 0.25) is 0 Å². The molecule has 1 heterocycles. The molecule has 2 aromatic rings. The van der Waals surface area contributed by atoms with Gasteiger partial charge in [0.05, 0.1) is 11.6 Å². The van der Waals surface area contributed by atoms with E-state index in [1.807, 2.05) is 0 Å². The molecule has 1 fully saturated rings. The van der Waals surface area contributed by atoms with E-state index >= 15 is 0 Å². The summed E-state index contributed by atoms with van der Waals surface area (Å²) in [7, 11) is 0. The molecule has 1 atom stereocenters. The number of amides is 1. The number of hydrogen-bond acceptors (Lipinski definition) is 4. The van der Waals surface area contributed by atoms with Gasteiger partial charge in [-0.1, -0.05) is 38.8 Å². The van der Waals surface area contributed by atoms with Crippen molar-refractivity contribution in [3.63, 3.8) is 0 Å². The molecular weight excluding hydrogens is 450 g/mol. The molecule has 1 aliphatic heterocycles. The average molecular weight is 485 g/mol. The van der Waals surface area contributed by atoms with Gasteiger partial charge in [-0.2, -0.15) is 0 Å². The zero-order valence-corrected chi connectivity index (χ0v) is 20.5. The van der Waals surface area contributed by atoms with Gasteiger partial charge in [0.1, 0.15) is 17.4 Å². The van der Waals surface area contributed by atoms with Crippen LogP contribution in [0.2, 0.25) is 0 Å². The number of benzene rings is 2. The van der Waals surface area contributed by atoms with Crippen LogP contribution in [0.5, 0.6) is 0 Å². The van der Waals surface area contributed by atoms with Crippen LogP contribution in [0.4, 0.5) is 8.78 Å². The maximum Gasteiger partial charge on any atom is 0.295 e. The van der Waals surface area contributed by atoms with Crippen LogP contribution in [-0.2, 0) is 9.59 Å². The number of likely N-dealkylation sites (tertiary alicyclic amines) is 1. The molecule has 0 spiro atoms. The van der Waals surface area contributed by atoms with Crippen molar-refractivity contribution >= 4 is 17.4 Å². The lowest BCUT2D eigenvalue weighted by Gasteiger charge is -2.27. The van der Waals surface area contributed by atoms with Gasteiger partial charge in [0, 0.05) is 12.1 Å². The zero-order chi connectivity index (χ0) is 25.4. The minimum Gasteiger partial charge on any atom is -0.507 e. The number of carbonyl (C=O) groups is 2. The van der Waals surface area contributed by atoms with Crippen LogP contribution in [0.15, 0.2) is 54.1 Å². The molecule has 0 bridgehead atoms. The normalized spacial score (nSPS) is 17.5. The fraction of sp³-hybridized carbons (Fsp3) is 0.429. The average Bonchev–Trinajstić information content (AvgIpc) is 3.10. The first kappa shape index (κ1) is 26.5. The summed E-state index contributed by atoms with van der Waals surface area (Å²) in [6, 6.07) is 9.83. The molecule has 1 aliphatic rings. The van der Waals surface area contributed by atoms with E-state index in [4.69, 9.17) is 0 Å². The number of aliphatic hydroxyl groups is 1. The zero-order valence-electron chi connectivity index (χ0n) is 20.5. The molecule has 188 valence electrons. The predicted octanol–water partition coefficient (Wildman–Crippen LogP) is 5.68. The van der Waals surface area contributed by atoms with Crippen molar-refractivity contribution in [3.05, 3.63) is 76.9 Å². The number of halogens is 2. The van der Waals surface area contributed by atoms with Crippen LogP contribution in [0.25, 0.3) is 5.76 Å². The number of aliphatic hydroxyl groups excluding tert-OH is 1. The summed E-state index contributed by atoms with van der Waals surface area (Å²) in [6.45, 7) is 7.33. The van der Waals surface area contributed by atoms with Gasteiger partial charge in [-0.3, -0.25) is 9.59 Å². The molecule has 0 radical (unpaired) electrons. The minimum atomic E-state index is -0.921. The van der Waals surface area contributed by atoms with Gasteiger partial charge < -0.3 is 14.9 Å². The van der Waals surface area contributed by atoms with Crippen molar-refractivity contribution in [3.8, 4) is 0 Å². The van der Waals surface area contributed by atoms with E-state index < -0.39 is 35.1 Å². The molecule has 0 unspecified atom stereocenters. The molecule has 1 saturated heterocycles. The quantitative estimate of drug-likeness (QED) is 0.239. The Balaban J connectivity index is 1.91. The Morgan fingerprint density at radius 2 is 1.54 bits per heavy atom. The van der Waals surface area contributed by atoms with Crippen LogP contribution < -0.4 is 0 Å². The highest BCUT2D eigenvalue weighted by atomic mass is 19.1. The van der Waals surface area contributed by atoms with Gasteiger partial charge in [0.15, 0.2) is 0 Å². The third kappa shape index (κ3) is 6.54. The number of ketones is 1. The monoisotopic (exact) mass is 484 g/mol. The standard InChI is InChI=1S/C28H34F2N2O3/c1-3-5-15-31(16-6-4-2)17-8-18-32-25(21-9-7-10-23(30)19-21)24(27(34)28(32)35)26(33)20-11-13-22(29)14-12-20/h7,9-14,19,25,33H,3-6,8,15-18H2,1-2H3/t25-/m0/s1. The number of carbonyl (C=O) groups excluding carboxylic acids is 2. The second kappa shape index (κ2) is 12.6. The smallest absolute Gasteiger partial charge is 0.295 e. The van der Waals surface area contributed by atoms with Gasteiger partial charge in [0.25, 0.3) is 11.7 Å². The highest BCUT2D eigenvalue weighted by Crippen LogP contribution is 2.39. The van der Waals surface area contributed by atoms with Gasteiger partial charge in [-0.05, 0) is 80.9 Å². The first-order chi connectivity index (χ1) is 16.9. The van der Waals surface area contributed by atoms with Crippen LogP contribution >= 0.6 is 0 Å². The van der Waals surface area contributed by atoms with Crippen LogP contribution in [0.1, 0.15) is 63.1 Å². The highest BCUT2D eigenvalue weighted by molar-refractivity contribution is 6.46. The largest absolute Gasteiger partial charge is 0.507 e. The van der Waals surface area contributed by atoms with E-state index in [9.17, 15) is 23.5 Å². The fourth-order valence-corrected chi connectivity index (χ4v) is 4.46. The third-order valence-electron chi connectivity index (χ3n) is 6.35. The third-order valence-corrected chi connectivity index (χ3v) is 6.35. The molecular formula is C28H34F2N2O3. The Hall–Kier alpha value is -3.06. The van der Waals surface area contributed by atoms with E-state index in [0.29, 0.717) is 18.5 Å². The molecule has 7 heteroatoms. The SMILES string of the molecule is CCCCN(CCCC)CCCN1C(=O)C(=O)C(=C(O)c2ccc(F)cc2)[C@@H]1c1cccc(F)c1. The lowest BCUT2D eigenvalue weighted by molar-refractivity contribution is -0.140. The number of Topliss-reactive ketones (excluding diaryl/α,β-unsaturated/α-hetero) is 1. The molecule has 2 aromatic carbocycles. The molecule has 0 aliphatic carbocycles. The molecule has 0 aromatic heterocycles. The Kier molecular flexibility index (Phi) is 9.55. The maximum absolute atomic E-state index is 14.1. The first-order valence-corrected chi connectivity index (χ1v) is 12.4. The van der Waals surface area contributed by atoms with Crippen molar-refractivity contribution < 1.29 is 23.5 Å². The summed E-state index contributed by atoms with van der Waals surface area (Å²) in [5.74, 6) is -2.93. The Morgan fingerprint density at radius 1 is 0.914 bits per heavy atom. The van der Waals surface area contributed by atoms with Crippen molar-refractivity contribution in [1.82, 2.24) is 9.80 Å². The number of nitrogens with zero attached hydrogens (tertiary/aromatic N) is 2. The minimum absolute atomic E-state index is 0.110. The van der Waals surface area contributed by atoms with Gasteiger partial charge in [-0.25, -0.2) is 8.78 Å². The Labute approximate surface area is 206 Å². The summed E-state index contributed by atoms with van der Waals surface area (Å²) in [5.41, 5.74) is 0.513. The fourth-order valence-electron chi connectivity index (χ4n) is 4.46.